The molecule has 0 atom stereocenters. The molecule has 5 rings (SSSR count). The Morgan fingerprint density at radius 1 is 1.06 bits per heavy atom. The Morgan fingerprint density at radius 2 is 1.90 bits per heavy atom. The first-order valence-electron chi connectivity index (χ1n) is 10.2. The second kappa shape index (κ2) is 7.59. The van der Waals surface area contributed by atoms with Crippen LogP contribution < -0.4 is 0 Å². The summed E-state index contributed by atoms with van der Waals surface area (Å²) in [5, 5.41) is 1.35. The first-order chi connectivity index (χ1) is 14.9. The molecule has 31 heavy (non-hydrogen) atoms. The molecule has 1 aliphatic rings. The molecule has 0 aliphatic carbocycles. The smallest absolute Gasteiger partial charge is 0.270 e. The van der Waals surface area contributed by atoms with Gasteiger partial charge in [0.25, 0.3) is 10.0 Å². The molecule has 0 saturated heterocycles. The number of hydrogen-bond acceptors (Lipinski definition) is 4. The van der Waals surface area contributed by atoms with E-state index in [4.69, 9.17) is 0 Å². The Kier molecular flexibility index (Phi) is 4.87. The molecule has 0 saturated carbocycles. The minimum absolute atomic E-state index is 0.132. The van der Waals surface area contributed by atoms with Crippen LogP contribution in [0.15, 0.2) is 71.9 Å². The summed E-state index contributed by atoms with van der Waals surface area (Å²) in [5.41, 5.74) is 2.69. The molecule has 0 amide bonds. The van der Waals surface area contributed by atoms with Crippen molar-refractivity contribution in [2.75, 3.05) is 20.1 Å². The van der Waals surface area contributed by atoms with Crippen LogP contribution in [-0.4, -0.2) is 42.4 Å². The summed E-state index contributed by atoms with van der Waals surface area (Å²) in [6, 6.07) is 13.0. The van der Waals surface area contributed by atoms with Crippen LogP contribution >= 0.6 is 0 Å². The monoisotopic (exact) mass is 435 g/mol. The number of fused-ring (bicyclic) bond motifs is 2. The van der Waals surface area contributed by atoms with Crippen LogP contribution in [0.4, 0.5) is 4.39 Å². The van der Waals surface area contributed by atoms with E-state index in [2.05, 4.69) is 23.0 Å². The molecule has 3 heterocycles. The zero-order valence-corrected chi connectivity index (χ0v) is 17.9. The fourth-order valence-electron chi connectivity index (χ4n) is 4.25. The van der Waals surface area contributed by atoms with Crippen LogP contribution in [0.2, 0.25) is 0 Å². The summed E-state index contributed by atoms with van der Waals surface area (Å²) in [6.45, 7) is 1.81. The molecular weight excluding hydrogens is 413 g/mol. The lowest BCUT2D eigenvalue weighted by Gasteiger charge is -2.12. The van der Waals surface area contributed by atoms with E-state index >= 15 is 0 Å². The first-order valence-corrected chi connectivity index (χ1v) is 11.7. The van der Waals surface area contributed by atoms with Crippen molar-refractivity contribution in [3.63, 3.8) is 0 Å². The normalized spacial score (nSPS) is 15.9. The standard InChI is InChI=1S/C24H22FN3O2S/c1-27-13-4-7-17(11-14-27)21-16-28(22-10-9-19(25)15-20(21)22)31(29,30)23-8-2-5-18-6-3-12-26-24(18)23/h2-3,5-10,12,15-16H,4,11,13-14H2,1H3. The average Bonchev–Trinajstić information content (AvgIpc) is 3.01. The Labute approximate surface area is 180 Å². The maximum Gasteiger partial charge on any atom is 0.270 e. The Bertz CT molecular complexity index is 1430. The molecule has 5 nitrogen and oxygen atoms in total. The molecule has 0 N–H and O–H groups in total. The topological polar surface area (TPSA) is 55.2 Å². The Balaban J connectivity index is 1.75. The van der Waals surface area contributed by atoms with Gasteiger partial charge in [-0.05, 0) is 55.8 Å². The lowest BCUT2D eigenvalue weighted by atomic mass is 10.0. The molecule has 0 bridgehead atoms. The third-order valence-electron chi connectivity index (χ3n) is 5.88. The van der Waals surface area contributed by atoms with Gasteiger partial charge in [0.05, 0.1) is 11.0 Å². The fraction of sp³-hybridized carbons (Fsp3) is 0.208. The minimum atomic E-state index is -3.95. The first kappa shape index (κ1) is 19.9. The van der Waals surface area contributed by atoms with Crippen molar-refractivity contribution in [2.24, 2.45) is 0 Å². The summed E-state index contributed by atoms with van der Waals surface area (Å²) in [5.74, 6) is -0.387. The van der Waals surface area contributed by atoms with Crippen molar-refractivity contribution < 1.29 is 12.8 Å². The van der Waals surface area contributed by atoms with Gasteiger partial charge in [-0.25, -0.2) is 16.8 Å². The third-order valence-corrected chi connectivity index (χ3v) is 7.58. The zero-order chi connectivity index (χ0) is 21.6. The summed E-state index contributed by atoms with van der Waals surface area (Å²) in [6.07, 6.45) is 7.01. The van der Waals surface area contributed by atoms with Crippen molar-refractivity contribution >= 4 is 37.4 Å². The lowest BCUT2D eigenvalue weighted by Crippen LogP contribution is -2.18. The van der Waals surface area contributed by atoms with E-state index in [-0.39, 0.29) is 10.7 Å². The van der Waals surface area contributed by atoms with Gasteiger partial charge in [-0.15, -0.1) is 0 Å². The second-order valence-electron chi connectivity index (χ2n) is 7.91. The number of halogens is 1. The zero-order valence-electron chi connectivity index (χ0n) is 17.1. The number of rotatable bonds is 3. The van der Waals surface area contributed by atoms with E-state index in [0.29, 0.717) is 16.4 Å². The fourth-order valence-corrected chi connectivity index (χ4v) is 5.79. The largest absolute Gasteiger partial charge is 0.306 e. The van der Waals surface area contributed by atoms with Crippen LogP contribution in [-0.2, 0) is 10.0 Å². The molecule has 0 spiro atoms. The molecule has 2 aromatic carbocycles. The van der Waals surface area contributed by atoms with Crippen molar-refractivity contribution in [2.45, 2.75) is 17.7 Å². The van der Waals surface area contributed by atoms with E-state index in [1.165, 1.54) is 22.2 Å². The van der Waals surface area contributed by atoms with Gasteiger partial charge in [-0.3, -0.25) is 4.98 Å². The van der Waals surface area contributed by atoms with Crippen molar-refractivity contribution in [1.82, 2.24) is 13.9 Å². The average molecular weight is 436 g/mol. The molecule has 0 unspecified atom stereocenters. The van der Waals surface area contributed by atoms with Gasteiger partial charge in [-0.2, -0.15) is 0 Å². The molecule has 7 heteroatoms. The molecular formula is C24H22FN3O2S. The molecule has 1 aliphatic heterocycles. The molecule has 4 aromatic rings. The highest BCUT2D eigenvalue weighted by atomic mass is 32.2. The summed E-state index contributed by atoms with van der Waals surface area (Å²) >= 11 is 0. The van der Waals surface area contributed by atoms with Crippen LogP contribution in [0, 0.1) is 5.82 Å². The number of para-hydroxylation sites is 1. The SMILES string of the molecule is CN1CCC=C(c2cn(S(=O)(=O)c3cccc4cccnc34)c3ccc(F)cc23)CC1. The van der Waals surface area contributed by atoms with E-state index in [9.17, 15) is 12.8 Å². The molecule has 2 aromatic heterocycles. The highest BCUT2D eigenvalue weighted by molar-refractivity contribution is 7.90. The van der Waals surface area contributed by atoms with Gasteiger partial charge in [0, 0.05) is 41.8 Å². The van der Waals surface area contributed by atoms with Gasteiger partial charge >= 0.3 is 0 Å². The molecule has 0 radical (unpaired) electrons. The summed E-state index contributed by atoms with van der Waals surface area (Å²) < 4.78 is 43.0. The highest BCUT2D eigenvalue weighted by Crippen LogP contribution is 2.34. The Hall–Kier alpha value is -3.03. The van der Waals surface area contributed by atoms with E-state index < -0.39 is 10.0 Å². The number of benzene rings is 2. The van der Waals surface area contributed by atoms with Gasteiger partial charge < -0.3 is 4.90 Å². The van der Waals surface area contributed by atoms with Gasteiger partial charge in [0.1, 0.15) is 10.7 Å². The number of aromatic nitrogens is 2. The van der Waals surface area contributed by atoms with Crippen molar-refractivity contribution in [3.8, 4) is 0 Å². The second-order valence-corrected chi connectivity index (χ2v) is 9.69. The predicted molar refractivity (Wildman–Crippen MR) is 121 cm³/mol. The number of hydrogen-bond donors (Lipinski definition) is 0. The molecule has 158 valence electrons. The predicted octanol–water partition coefficient (Wildman–Crippen LogP) is 4.67. The number of pyridine rings is 1. The number of nitrogens with zero attached hydrogens (tertiary/aromatic N) is 3. The van der Waals surface area contributed by atoms with Crippen molar-refractivity contribution in [1.29, 1.82) is 0 Å². The van der Waals surface area contributed by atoms with Crippen LogP contribution in [0.5, 0.6) is 0 Å². The van der Waals surface area contributed by atoms with Crippen LogP contribution in [0.1, 0.15) is 18.4 Å². The highest BCUT2D eigenvalue weighted by Gasteiger charge is 2.25. The lowest BCUT2D eigenvalue weighted by molar-refractivity contribution is 0.355. The van der Waals surface area contributed by atoms with E-state index in [1.807, 2.05) is 12.1 Å². The maximum absolute atomic E-state index is 14.2. The van der Waals surface area contributed by atoms with Crippen molar-refractivity contribution in [3.05, 3.63) is 78.4 Å². The van der Waals surface area contributed by atoms with Crippen LogP contribution in [0.3, 0.4) is 0 Å². The van der Waals surface area contributed by atoms with E-state index in [0.717, 1.165) is 42.5 Å². The van der Waals surface area contributed by atoms with E-state index in [1.54, 1.807) is 30.6 Å². The maximum atomic E-state index is 14.2. The third kappa shape index (κ3) is 3.43. The Morgan fingerprint density at radius 3 is 2.77 bits per heavy atom. The quantitative estimate of drug-likeness (QED) is 0.469. The minimum Gasteiger partial charge on any atom is -0.306 e. The van der Waals surface area contributed by atoms with Gasteiger partial charge in [0.2, 0.25) is 0 Å². The van der Waals surface area contributed by atoms with Gasteiger partial charge in [0.15, 0.2) is 0 Å². The van der Waals surface area contributed by atoms with Crippen LogP contribution in [0.25, 0.3) is 27.4 Å². The molecule has 0 fully saturated rings. The summed E-state index contributed by atoms with van der Waals surface area (Å²) in [4.78, 5) is 6.69. The summed E-state index contributed by atoms with van der Waals surface area (Å²) in [7, 11) is -1.88. The van der Waals surface area contributed by atoms with Gasteiger partial charge in [-0.1, -0.05) is 24.3 Å².